The van der Waals surface area contributed by atoms with Gasteiger partial charge in [-0.15, -0.1) is 0 Å². The standard InChI is InChI=1S/C21H21NO3/c1-15-20(21(23)25-3)19(17-9-11-18(24-2)12-10-17)14-22(15)13-16-7-5-4-6-8-16/h4-12,14H,13H2,1-3H3. The van der Waals surface area contributed by atoms with Crippen molar-refractivity contribution in [1.82, 2.24) is 4.57 Å². The van der Waals surface area contributed by atoms with Crippen LogP contribution in [0.5, 0.6) is 5.75 Å². The van der Waals surface area contributed by atoms with Gasteiger partial charge in [0.25, 0.3) is 0 Å². The van der Waals surface area contributed by atoms with Crippen LogP contribution < -0.4 is 4.74 Å². The van der Waals surface area contributed by atoms with E-state index < -0.39 is 0 Å². The number of esters is 1. The third kappa shape index (κ3) is 3.43. The lowest BCUT2D eigenvalue weighted by molar-refractivity contribution is 0.0600. The van der Waals surface area contributed by atoms with Crippen molar-refractivity contribution in [3.05, 3.63) is 77.6 Å². The van der Waals surface area contributed by atoms with Gasteiger partial charge >= 0.3 is 5.97 Å². The van der Waals surface area contributed by atoms with Crippen LogP contribution in [0.3, 0.4) is 0 Å². The van der Waals surface area contributed by atoms with E-state index in [9.17, 15) is 4.79 Å². The summed E-state index contributed by atoms with van der Waals surface area (Å²) in [6.07, 6.45) is 2.01. The van der Waals surface area contributed by atoms with Gasteiger partial charge in [-0.1, -0.05) is 42.5 Å². The molecule has 3 aromatic rings. The Morgan fingerprint density at radius 1 is 1.00 bits per heavy atom. The topological polar surface area (TPSA) is 40.5 Å². The maximum atomic E-state index is 12.4. The first-order valence-electron chi connectivity index (χ1n) is 8.10. The molecule has 3 rings (SSSR count). The van der Waals surface area contributed by atoms with Gasteiger partial charge in [0.2, 0.25) is 0 Å². The van der Waals surface area contributed by atoms with E-state index in [2.05, 4.69) is 16.7 Å². The molecule has 0 saturated heterocycles. The fourth-order valence-corrected chi connectivity index (χ4v) is 2.95. The number of hydrogen-bond acceptors (Lipinski definition) is 3. The van der Waals surface area contributed by atoms with Gasteiger partial charge < -0.3 is 14.0 Å². The Balaban J connectivity index is 2.06. The number of rotatable bonds is 5. The number of carbonyl (C=O) groups excluding carboxylic acids is 1. The molecule has 2 aromatic carbocycles. The molecule has 4 heteroatoms. The van der Waals surface area contributed by atoms with Gasteiger partial charge in [-0.25, -0.2) is 4.79 Å². The van der Waals surface area contributed by atoms with Crippen LogP contribution in [0.2, 0.25) is 0 Å². The zero-order valence-electron chi connectivity index (χ0n) is 14.7. The van der Waals surface area contributed by atoms with Crippen molar-refractivity contribution in [2.24, 2.45) is 0 Å². The van der Waals surface area contributed by atoms with Crippen LogP contribution in [0, 0.1) is 6.92 Å². The average Bonchev–Trinajstić information content (AvgIpc) is 2.98. The van der Waals surface area contributed by atoms with E-state index in [0.29, 0.717) is 12.1 Å². The largest absolute Gasteiger partial charge is 0.497 e. The van der Waals surface area contributed by atoms with Gasteiger partial charge in [-0.2, -0.15) is 0 Å². The summed E-state index contributed by atoms with van der Waals surface area (Å²) in [5.74, 6) is 0.457. The fraction of sp³-hybridized carbons (Fsp3) is 0.190. The molecule has 0 N–H and O–H groups in total. The lowest BCUT2D eigenvalue weighted by Gasteiger charge is -2.07. The van der Waals surface area contributed by atoms with Gasteiger partial charge in [0.05, 0.1) is 19.8 Å². The lowest BCUT2D eigenvalue weighted by Crippen LogP contribution is -2.06. The van der Waals surface area contributed by atoms with E-state index >= 15 is 0 Å². The molecule has 0 spiro atoms. The normalized spacial score (nSPS) is 10.5. The third-order valence-corrected chi connectivity index (χ3v) is 4.33. The van der Waals surface area contributed by atoms with Crippen LogP contribution in [0.25, 0.3) is 11.1 Å². The summed E-state index contributed by atoms with van der Waals surface area (Å²) < 4.78 is 12.3. The average molecular weight is 335 g/mol. The predicted octanol–water partition coefficient (Wildman–Crippen LogP) is 4.31. The molecule has 0 aliphatic rings. The highest BCUT2D eigenvalue weighted by molar-refractivity contribution is 5.98. The molecule has 128 valence electrons. The summed E-state index contributed by atoms with van der Waals surface area (Å²) in [5, 5.41) is 0. The van der Waals surface area contributed by atoms with Crippen LogP contribution in [-0.2, 0) is 11.3 Å². The first-order chi connectivity index (χ1) is 12.1. The van der Waals surface area contributed by atoms with Crippen molar-refractivity contribution in [2.45, 2.75) is 13.5 Å². The minimum atomic E-state index is -0.324. The highest BCUT2D eigenvalue weighted by Gasteiger charge is 2.21. The lowest BCUT2D eigenvalue weighted by atomic mass is 10.0. The first kappa shape index (κ1) is 16.8. The van der Waals surface area contributed by atoms with Crippen LogP contribution in [0.4, 0.5) is 0 Å². The molecule has 0 aliphatic heterocycles. The molecule has 0 aliphatic carbocycles. The highest BCUT2D eigenvalue weighted by atomic mass is 16.5. The zero-order chi connectivity index (χ0) is 17.8. The summed E-state index contributed by atoms with van der Waals surface area (Å²) in [4.78, 5) is 12.4. The van der Waals surface area contributed by atoms with Crippen LogP contribution in [0.1, 0.15) is 21.6 Å². The zero-order valence-corrected chi connectivity index (χ0v) is 14.7. The summed E-state index contributed by atoms with van der Waals surface area (Å²) in [7, 11) is 3.05. The van der Waals surface area contributed by atoms with Crippen molar-refractivity contribution in [2.75, 3.05) is 14.2 Å². The Hall–Kier alpha value is -3.01. The first-order valence-corrected chi connectivity index (χ1v) is 8.10. The van der Waals surface area contributed by atoms with E-state index in [1.165, 1.54) is 12.7 Å². The van der Waals surface area contributed by atoms with Gasteiger partial charge in [-0.3, -0.25) is 0 Å². The van der Waals surface area contributed by atoms with Crippen LogP contribution >= 0.6 is 0 Å². The molecule has 0 fully saturated rings. The van der Waals surface area contributed by atoms with Crippen molar-refractivity contribution in [1.29, 1.82) is 0 Å². The van der Waals surface area contributed by atoms with E-state index in [1.54, 1.807) is 7.11 Å². The monoisotopic (exact) mass is 335 g/mol. The third-order valence-electron chi connectivity index (χ3n) is 4.33. The molecule has 1 heterocycles. The van der Waals surface area contributed by atoms with Gasteiger partial charge in [0.15, 0.2) is 0 Å². The number of methoxy groups -OCH3 is 2. The summed E-state index contributed by atoms with van der Waals surface area (Å²) in [6, 6.07) is 17.9. The number of aromatic nitrogens is 1. The highest BCUT2D eigenvalue weighted by Crippen LogP contribution is 2.30. The fourth-order valence-electron chi connectivity index (χ4n) is 2.95. The molecular weight excluding hydrogens is 314 g/mol. The minimum Gasteiger partial charge on any atom is -0.497 e. The summed E-state index contributed by atoms with van der Waals surface area (Å²) >= 11 is 0. The Bertz CT molecular complexity index is 864. The molecule has 0 radical (unpaired) electrons. The molecule has 0 saturated carbocycles. The SMILES string of the molecule is COC(=O)c1c(-c2ccc(OC)cc2)cn(Cc2ccccc2)c1C. The Labute approximate surface area is 147 Å². The van der Waals surface area contributed by atoms with Gasteiger partial charge in [-0.05, 0) is 30.2 Å². The quantitative estimate of drug-likeness (QED) is 0.653. The van der Waals surface area contributed by atoms with E-state index in [0.717, 1.165) is 22.6 Å². The number of ether oxygens (including phenoxy) is 2. The molecule has 0 amide bonds. The van der Waals surface area contributed by atoms with E-state index in [4.69, 9.17) is 9.47 Å². The Kier molecular flexibility index (Phi) is 4.89. The number of carbonyl (C=O) groups is 1. The van der Waals surface area contributed by atoms with Gasteiger partial charge in [0.1, 0.15) is 5.75 Å². The smallest absolute Gasteiger partial charge is 0.340 e. The van der Waals surface area contributed by atoms with Crippen molar-refractivity contribution >= 4 is 5.97 Å². The molecule has 4 nitrogen and oxygen atoms in total. The van der Waals surface area contributed by atoms with Crippen LogP contribution in [0.15, 0.2) is 60.8 Å². The van der Waals surface area contributed by atoms with Gasteiger partial charge in [0, 0.05) is 24.0 Å². The number of nitrogens with zero attached hydrogens (tertiary/aromatic N) is 1. The van der Waals surface area contributed by atoms with Crippen molar-refractivity contribution in [3.63, 3.8) is 0 Å². The summed E-state index contributed by atoms with van der Waals surface area (Å²) in [6.45, 7) is 2.65. The molecule has 0 atom stereocenters. The van der Waals surface area contributed by atoms with Crippen molar-refractivity contribution < 1.29 is 14.3 Å². The second-order valence-electron chi connectivity index (χ2n) is 5.84. The van der Waals surface area contributed by atoms with Crippen LogP contribution in [-0.4, -0.2) is 24.8 Å². The minimum absolute atomic E-state index is 0.324. The second kappa shape index (κ2) is 7.26. The molecule has 0 bridgehead atoms. The van der Waals surface area contributed by atoms with E-state index in [1.807, 2.05) is 55.6 Å². The molecule has 25 heavy (non-hydrogen) atoms. The maximum absolute atomic E-state index is 12.4. The molecular formula is C21H21NO3. The second-order valence-corrected chi connectivity index (χ2v) is 5.84. The van der Waals surface area contributed by atoms with Crippen molar-refractivity contribution in [3.8, 4) is 16.9 Å². The maximum Gasteiger partial charge on any atom is 0.340 e. The number of benzene rings is 2. The number of hydrogen-bond donors (Lipinski definition) is 0. The molecule has 1 aromatic heterocycles. The predicted molar refractivity (Wildman–Crippen MR) is 98.0 cm³/mol. The Morgan fingerprint density at radius 3 is 2.28 bits per heavy atom. The molecule has 0 unspecified atom stereocenters. The van der Waals surface area contributed by atoms with E-state index in [-0.39, 0.29) is 5.97 Å². The Morgan fingerprint density at radius 2 is 1.68 bits per heavy atom. The summed E-state index contributed by atoms with van der Waals surface area (Å²) in [5.41, 5.74) is 4.49.